The maximum Gasteiger partial charge on any atom is 0.173 e. The van der Waals surface area contributed by atoms with E-state index in [-0.39, 0.29) is 10.9 Å². The van der Waals surface area contributed by atoms with Gasteiger partial charge in [-0.3, -0.25) is 0 Å². The zero-order chi connectivity index (χ0) is 10.6. The number of anilines is 1. The number of aliphatic hydroxyl groups is 2. The van der Waals surface area contributed by atoms with Gasteiger partial charge in [0.1, 0.15) is 5.69 Å². The Bertz CT molecular complexity index is 290. The number of nitrogens with zero attached hydrogens (tertiary/aromatic N) is 1. The maximum atomic E-state index is 11.2. The van der Waals surface area contributed by atoms with E-state index in [2.05, 4.69) is 4.84 Å². The largest absolute Gasteiger partial charge is 0.389 e. The monoisotopic (exact) mass is 198 g/mol. The topological polar surface area (TPSA) is 72.8 Å². The van der Waals surface area contributed by atoms with Gasteiger partial charge in [-0.2, -0.15) is 0 Å². The molecule has 1 atom stereocenters. The highest BCUT2D eigenvalue weighted by Gasteiger charge is 2.13. The highest BCUT2D eigenvalue weighted by molar-refractivity contribution is 5.50. The molecule has 1 aromatic carbocycles. The van der Waals surface area contributed by atoms with Crippen LogP contribution in [0.5, 0.6) is 0 Å². The van der Waals surface area contributed by atoms with Crippen molar-refractivity contribution >= 4 is 5.69 Å². The number of rotatable bonds is 4. The molecule has 5 heteroatoms. The van der Waals surface area contributed by atoms with Gasteiger partial charge in [0, 0.05) is 5.56 Å². The van der Waals surface area contributed by atoms with E-state index >= 15 is 0 Å². The molecule has 1 unspecified atom stereocenters. The van der Waals surface area contributed by atoms with Crippen molar-refractivity contribution in [2.45, 2.75) is 13.0 Å². The maximum absolute atomic E-state index is 11.2. The van der Waals surface area contributed by atoms with Gasteiger partial charge >= 0.3 is 0 Å². The predicted octanol–water partition coefficient (Wildman–Crippen LogP) is 0.773. The summed E-state index contributed by atoms with van der Waals surface area (Å²) in [7, 11) is 0. The highest BCUT2D eigenvalue weighted by Crippen LogP contribution is 2.25. The Balaban J connectivity index is 2.94. The van der Waals surface area contributed by atoms with Crippen LogP contribution in [0.1, 0.15) is 18.6 Å². The summed E-state index contributed by atoms with van der Waals surface area (Å²) in [6.07, 6.45) is -0.759. The number of benzene rings is 1. The highest BCUT2D eigenvalue weighted by atomic mass is 16.9. The van der Waals surface area contributed by atoms with Crippen LogP contribution >= 0.6 is 0 Å². The van der Waals surface area contributed by atoms with Crippen molar-refractivity contribution in [3.63, 3.8) is 0 Å². The van der Waals surface area contributed by atoms with Gasteiger partial charge in [-0.05, 0) is 13.0 Å². The van der Waals surface area contributed by atoms with Crippen molar-refractivity contribution in [1.82, 2.24) is 0 Å². The molecular formula is C9H12NO4. The van der Waals surface area contributed by atoms with Crippen LogP contribution in [0.3, 0.4) is 0 Å². The summed E-state index contributed by atoms with van der Waals surface area (Å²) in [5, 5.41) is 29.1. The van der Waals surface area contributed by atoms with Crippen LogP contribution in [0.25, 0.3) is 0 Å². The van der Waals surface area contributed by atoms with Crippen LogP contribution < -0.4 is 5.23 Å². The second-order valence-electron chi connectivity index (χ2n) is 2.75. The quantitative estimate of drug-likeness (QED) is 0.553. The molecule has 0 aliphatic rings. The fourth-order valence-corrected chi connectivity index (χ4v) is 1.13. The van der Waals surface area contributed by atoms with Gasteiger partial charge in [-0.25, -0.2) is 4.84 Å². The third-order valence-electron chi connectivity index (χ3n) is 1.76. The first kappa shape index (κ1) is 10.9. The van der Waals surface area contributed by atoms with E-state index in [0.29, 0.717) is 5.56 Å². The lowest BCUT2D eigenvalue weighted by Gasteiger charge is -2.16. The molecule has 0 aliphatic heterocycles. The van der Waals surface area contributed by atoms with Crippen molar-refractivity contribution in [2.75, 3.05) is 12.0 Å². The lowest BCUT2D eigenvalue weighted by Crippen LogP contribution is -2.19. The molecule has 0 spiro atoms. The molecule has 0 aliphatic carbocycles. The van der Waals surface area contributed by atoms with Gasteiger partial charge in [0.15, 0.2) is 6.79 Å². The van der Waals surface area contributed by atoms with Crippen LogP contribution in [0.2, 0.25) is 0 Å². The zero-order valence-corrected chi connectivity index (χ0v) is 7.75. The molecule has 0 heterocycles. The van der Waals surface area contributed by atoms with Crippen molar-refractivity contribution < 1.29 is 20.3 Å². The first-order valence-corrected chi connectivity index (χ1v) is 4.15. The van der Waals surface area contributed by atoms with Crippen molar-refractivity contribution in [3.8, 4) is 0 Å². The average molecular weight is 198 g/mol. The Hall–Kier alpha value is -1.14. The third-order valence-corrected chi connectivity index (χ3v) is 1.76. The lowest BCUT2D eigenvalue weighted by molar-refractivity contribution is -0.135. The van der Waals surface area contributed by atoms with E-state index in [0.717, 1.165) is 0 Å². The second kappa shape index (κ2) is 4.92. The molecule has 14 heavy (non-hydrogen) atoms. The minimum Gasteiger partial charge on any atom is -0.389 e. The fraction of sp³-hybridized carbons (Fsp3) is 0.333. The van der Waals surface area contributed by atoms with Gasteiger partial charge in [-0.15, -0.1) is 0 Å². The Labute approximate surface area is 81.7 Å². The summed E-state index contributed by atoms with van der Waals surface area (Å²) in [5.74, 6) is 0. The molecule has 0 saturated carbocycles. The Kier molecular flexibility index (Phi) is 3.84. The smallest absolute Gasteiger partial charge is 0.173 e. The van der Waals surface area contributed by atoms with Crippen molar-refractivity contribution in [3.05, 3.63) is 29.8 Å². The Morgan fingerprint density at radius 1 is 1.50 bits per heavy atom. The Morgan fingerprint density at radius 3 is 2.71 bits per heavy atom. The molecule has 0 aromatic heterocycles. The van der Waals surface area contributed by atoms with Crippen molar-refractivity contribution in [2.24, 2.45) is 0 Å². The first-order valence-electron chi connectivity index (χ1n) is 4.15. The fourth-order valence-electron chi connectivity index (χ4n) is 1.13. The van der Waals surface area contributed by atoms with E-state index in [1.165, 1.54) is 6.07 Å². The van der Waals surface area contributed by atoms with E-state index in [1.54, 1.807) is 25.1 Å². The predicted molar refractivity (Wildman–Crippen MR) is 48.4 cm³/mol. The minimum absolute atomic E-state index is 0.183. The van der Waals surface area contributed by atoms with Gasteiger partial charge in [0.05, 0.1) is 6.10 Å². The van der Waals surface area contributed by atoms with Crippen LogP contribution in [0, 0.1) is 0 Å². The van der Waals surface area contributed by atoms with E-state index < -0.39 is 12.9 Å². The van der Waals surface area contributed by atoms with Crippen LogP contribution in [0.4, 0.5) is 5.69 Å². The molecule has 5 nitrogen and oxygen atoms in total. The molecule has 1 radical (unpaired) electrons. The molecule has 0 saturated heterocycles. The molecule has 0 bridgehead atoms. The zero-order valence-electron chi connectivity index (χ0n) is 7.75. The summed E-state index contributed by atoms with van der Waals surface area (Å²) in [4.78, 5) is 4.34. The molecule has 1 aromatic rings. The summed E-state index contributed by atoms with van der Waals surface area (Å²) in [6, 6.07) is 6.47. The van der Waals surface area contributed by atoms with Gasteiger partial charge in [0.25, 0.3) is 0 Å². The van der Waals surface area contributed by atoms with Gasteiger partial charge in [0.2, 0.25) is 0 Å². The third kappa shape index (κ3) is 2.43. The van der Waals surface area contributed by atoms with Gasteiger partial charge in [-0.1, -0.05) is 28.6 Å². The van der Waals surface area contributed by atoms with Crippen LogP contribution in [-0.2, 0) is 10.0 Å². The average Bonchev–Trinajstić information content (AvgIpc) is 2.18. The number of aliphatic hydroxyl groups excluding tert-OH is 2. The van der Waals surface area contributed by atoms with Crippen molar-refractivity contribution in [1.29, 1.82) is 0 Å². The van der Waals surface area contributed by atoms with E-state index in [9.17, 15) is 10.3 Å². The number of para-hydroxylation sites is 1. The second-order valence-corrected chi connectivity index (χ2v) is 2.75. The molecule has 77 valence electrons. The SMILES string of the molecule is CC(O)c1ccccc1N([O])OCO. The molecule has 2 N–H and O–H groups in total. The van der Waals surface area contributed by atoms with E-state index in [1.807, 2.05) is 0 Å². The first-order chi connectivity index (χ1) is 6.66. The number of hydrogen-bond donors (Lipinski definition) is 2. The van der Waals surface area contributed by atoms with E-state index in [4.69, 9.17) is 5.11 Å². The minimum atomic E-state index is -0.759. The molecule has 0 fully saturated rings. The summed E-state index contributed by atoms with van der Waals surface area (Å²) in [6.45, 7) is 0.850. The lowest BCUT2D eigenvalue weighted by atomic mass is 10.1. The van der Waals surface area contributed by atoms with Crippen LogP contribution in [0.15, 0.2) is 24.3 Å². The normalized spacial score (nSPS) is 12.6. The summed E-state index contributed by atoms with van der Waals surface area (Å²) < 4.78 is 0. The molecule has 1 rings (SSSR count). The summed E-state index contributed by atoms with van der Waals surface area (Å²) >= 11 is 0. The Morgan fingerprint density at radius 2 is 2.14 bits per heavy atom. The molecule has 0 amide bonds. The molecular weight excluding hydrogens is 186 g/mol. The number of hydrogen-bond acceptors (Lipinski definition) is 4. The van der Waals surface area contributed by atoms with Gasteiger partial charge < -0.3 is 10.2 Å². The standard InChI is InChI=1S/C9H12NO4/c1-7(12)8-4-2-3-5-9(8)10(13)14-6-11/h2-5,7,11-12H,6H2,1H3. The van der Waals surface area contributed by atoms with Crippen LogP contribution in [-0.4, -0.2) is 17.0 Å². The summed E-state index contributed by atoms with van der Waals surface area (Å²) in [5.41, 5.74) is 0.646.